The molecule has 0 unspecified atom stereocenters. The molecular formula is C22H23N3O3S2. The van der Waals surface area contributed by atoms with Crippen molar-refractivity contribution < 1.29 is 13.2 Å². The number of sulfonamides is 1. The average Bonchev–Trinajstić information content (AvgIpc) is 3.34. The van der Waals surface area contributed by atoms with Gasteiger partial charge in [0.05, 0.1) is 17.4 Å². The number of nitrogens with one attached hydrogen (secondary N) is 2. The molecule has 2 aromatic carbocycles. The van der Waals surface area contributed by atoms with E-state index in [1.807, 2.05) is 19.2 Å². The Morgan fingerprint density at radius 1 is 1.07 bits per heavy atom. The highest BCUT2D eigenvalue weighted by Crippen LogP contribution is 2.49. The molecular weight excluding hydrogens is 418 g/mol. The van der Waals surface area contributed by atoms with Gasteiger partial charge in [-0.25, -0.2) is 13.4 Å². The summed E-state index contributed by atoms with van der Waals surface area (Å²) in [4.78, 5) is 17.6. The summed E-state index contributed by atoms with van der Waals surface area (Å²) >= 11 is 1.38. The van der Waals surface area contributed by atoms with Crippen molar-refractivity contribution in [1.29, 1.82) is 0 Å². The molecule has 1 aliphatic carbocycles. The zero-order valence-electron chi connectivity index (χ0n) is 17.0. The van der Waals surface area contributed by atoms with Crippen molar-refractivity contribution >= 4 is 38.1 Å². The molecule has 1 aliphatic rings. The number of hydrogen-bond acceptors (Lipinski definition) is 5. The molecule has 0 atom stereocenters. The number of thiazole rings is 1. The van der Waals surface area contributed by atoms with Crippen molar-refractivity contribution in [2.24, 2.45) is 0 Å². The number of aromatic nitrogens is 1. The van der Waals surface area contributed by atoms with E-state index < -0.39 is 15.4 Å². The Hall–Kier alpha value is -2.71. The van der Waals surface area contributed by atoms with Gasteiger partial charge in [-0.2, -0.15) is 0 Å². The van der Waals surface area contributed by atoms with Gasteiger partial charge < -0.3 is 5.32 Å². The lowest BCUT2D eigenvalue weighted by atomic mass is 9.92. The van der Waals surface area contributed by atoms with Crippen molar-refractivity contribution in [3.05, 3.63) is 64.5 Å². The van der Waals surface area contributed by atoms with Crippen LogP contribution in [0.15, 0.2) is 47.8 Å². The van der Waals surface area contributed by atoms with Crippen LogP contribution in [-0.4, -0.2) is 25.6 Å². The van der Waals surface area contributed by atoms with Crippen molar-refractivity contribution in [3.63, 3.8) is 0 Å². The Labute approximate surface area is 180 Å². The van der Waals surface area contributed by atoms with Gasteiger partial charge in [0.25, 0.3) is 0 Å². The standard InChI is InChI=1S/C22H23N3O3S2/c1-14-10-15(2)12-17(11-14)22(8-9-22)20(26)24-21-23-19(13-29-21)16-4-6-18(7-5-16)25-30(3,27)28/h4-7,10-13,25H,8-9H2,1-3H3,(H,23,24,26). The van der Waals surface area contributed by atoms with Gasteiger partial charge in [0, 0.05) is 16.6 Å². The van der Waals surface area contributed by atoms with Crippen molar-refractivity contribution in [3.8, 4) is 11.3 Å². The molecule has 30 heavy (non-hydrogen) atoms. The topological polar surface area (TPSA) is 88.2 Å². The average molecular weight is 442 g/mol. The van der Waals surface area contributed by atoms with Gasteiger partial charge in [-0.15, -0.1) is 11.3 Å². The van der Waals surface area contributed by atoms with Crippen LogP contribution >= 0.6 is 11.3 Å². The number of carbonyl (C=O) groups excluding carboxylic acids is 1. The van der Waals surface area contributed by atoms with Crippen LogP contribution in [0.1, 0.15) is 29.5 Å². The van der Waals surface area contributed by atoms with Crippen LogP contribution in [0, 0.1) is 13.8 Å². The zero-order valence-corrected chi connectivity index (χ0v) is 18.7. The molecule has 1 saturated carbocycles. The highest BCUT2D eigenvalue weighted by molar-refractivity contribution is 7.92. The second-order valence-corrected chi connectivity index (χ2v) is 10.5. The third kappa shape index (κ3) is 4.39. The fraction of sp³-hybridized carbons (Fsp3) is 0.273. The molecule has 156 valence electrons. The van der Waals surface area contributed by atoms with Gasteiger partial charge in [-0.3, -0.25) is 9.52 Å². The highest BCUT2D eigenvalue weighted by Gasteiger charge is 2.51. The quantitative estimate of drug-likeness (QED) is 0.591. The monoisotopic (exact) mass is 441 g/mol. The number of nitrogens with zero attached hydrogens (tertiary/aromatic N) is 1. The molecule has 0 bridgehead atoms. The second kappa shape index (κ2) is 7.52. The largest absolute Gasteiger partial charge is 0.301 e. The summed E-state index contributed by atoms with van der Waals surface area (Å²) in [7, 11) is -3.31. The summed E-state index contributed by atoms with van der Waals surface area (Å²) < 4.78 is 25.1. The van der Waals surface area contributed by atoms with E-state index >= 15 is 0 Å². The van der Waals surface area contributed by atoms with Crippen LogP contribution in [0.25, 0.3) is 11.3 Å². The van der Waals surface area contributed by atoms with E-state index in [2.05, 4.69) is 33.2 Å². The van der Waals surface area contributed by atoms with Gasteiger partial charge >= 0.3 is 0 Å². The Balaban J connectivity index is 1.49. The number of benzene rings is 2. The predicted octanol–water partition coefficient (Wildman–Crippen LogP) is 4.47. The van der Waals surface area contributed by atoms with Crippen LogP contribution in [-0.2, 0) is 20.2 Å². The molecule has 0 aliphatic heterocycles. The highest BCUT2D eigenvalue weighted by atomic mass is 32.2. The molecule has 2 N–H and O–H groups in total. The first kappa shape index (κ1) is 20.6. The predicted molar refractivity (Wildman–Crippen MR) is 121 cm³/mol. The normalized spacial score (nSPS) is 14.9. The van der Waals surface area contributed by atoms with E-state index in [1.54, 1.807) is 24.3 Å². The maximum atomic E-state index is 13.0. The minimum atomic E-state index is -3.31. The van der Waals surface area contributed by atoms with E-state index in [9.17, 15) is 13.2 Å². The molecule has 1 aromatic heterocycles. The number of anilines is 2. The summed E-state index contributed by atoms with van der Waals surface area (Å²) in [5.74, 6) is -0.0129. The molecule has 1 heterocycles. The molecule has 0 radical (unpaired) electrons. The summed E-state index contributed by atoms with van der Waals surface area (Å²) in [6.45, 7) is 4.10. The molecule has 6 nitrogen and oxygen atoms in total. The van der Waals surface area contributed by atoms with E-state index in [0.29, 0.717) is 10.8 Å². The molecule has 1 fully saturated rings. The van der Waals surface area contributed by atoms with Gasteiger partial charge in [0.2, 0.25) is 15.9 Å². The van der Waals surface area contributed by atoms with E-state index in [1.165, 1.54) is 11.3 Å². The lowest BCUT2D eigenvalue weighted by molar-refractivity contribution is -0.118. The van der Waals surface area contributed by atoms with Crippen molar-refractivity contribution in [2.75, 3.05) is 16.3 Å². The number of hydrogen-bond donors (Lipinski definition) is 2. The first-order valence-corrected chi connectivity index (χ1v) is 12.4. The lowest BCUT2D eigenvalue weighted by Crippen LogP contribution is -2.28. The minimum absolute atomic E-state index is 0.0129. The molecule has 0 saturated heterocycles. The maximum Gasteiger partial charge on any atom is 0.236 e. The SMILES string of the molecule is Cc1cc(C)cc(C2(C(=O)Nc3nc(-c4ccc(NS(C)(=O)=O)cc4)cs3)CC2)c1. The number of carbonyl (C=O) groups is 1. The molecule has 8 heteroatoms. The Morgan fingerprint density at radius 2 is 1.70 bits per heavy atom. The number of aryl methyl sites for hydroxylation is 2. The smallest absolute Gasteiger partial charge is 0.236 e. The van der Waals surface area contributed by atoms with Gasteiger partial charge in [-0.1, -0.05) is 41.5 Å². The van der Waals surface area contributed by atoms with Crippen molar-refractivity contribution in [2.45, 2.75) is 32.1 Å². The summed E-state index contributed by atoms with van der Waals surface area (Å²) in [5.41, 5.74) is 5.02. The summed E-state index contributed by atoms with van der Waals surface area (Å²) in [6.07, 6.45) is 2.80. The fourth-order valence-corrected chi connectivity index (χ4v) is 4.91. The van der Waals surface area contributed by atoms with Gasteiger partial charge in [0.1, 0.15) is 0 Å². The zero-order chi connectivity index (χ0) is 21.5. The van der Waals surface area contributed by atoms with E-state index in [4.69, 9.17) is 0 Å². The summed E-state index contributed by atoms with van der Waals surface area (Å²) in [5, 5.41) is 5.43. The van der Waals surface area contributed by atoms with Crippen LogP contribution in [0.2, 0.25) is 0 Å². The third-order valence-corrected chi connectivity index (χ3v) is 6.53. The molecule has 3 aromatic rings. The third-order valence-electron chi connectivity index (χ3n) is 5.17. The molecule has 0 spiro atoms. The van der Waals surface area contributed by atoms with Gasteiger partial charge in [-0.05, 0) is 44.4 Å². The fourth-order valence-electron chi connectivity index (χ4n) is 3.63. The lowest BCUT2D eigenvalue weighted by Gasteiger charge is -2.16. The van der Waals surface area contributed by atoms with Crippen LogP contribution in [0.3, 0.4) is 0 Å². The van der Waals surface area contributed by atoms with Crippen molar-refractivity contribution in [1.82, 2.24) is 4.98 Å². The van der Waals surface area contributed by atoms with Crippen LogP contribution in [0.4, 0.5) is 10.8 Å². The van der Waals surface area contributed by atoms with Gasteiger partial charge in [0.15, 0.2) is 5.13 Å². The number of rotatable bonds is 6. The Bertz CT molecular complexity index is 1190. The Morgan fingerprint density at radius 3 is 2.27 bits per heavy atom. The van der Waals surface area contributed by atoms with E-state index in [0.717, 1.165) is 47.0 Å². The first-order chi connectivity index (χ1) is 14.1. The van der Waals surface area contributed by atoms with Crippen LogP contribution < -0.4 is 10.0 Å². The maximum absolute atomic E-state index is 13.0. The molecule has 4 rings (SSSR count). The second-order valence-electron chi connectivity index (χ2n) is 7.90. The first-order valence-electron chi connectivity index (χ1n) is 9.59. The Kier molecular flexibility index (Phi) is 5.15. The summed E-state index contributed by atoms with van der Waals surface area (Å²) in [6, 6.07) is 13.3. The minimum Gasteiger partial charge on any atom is -0.301 e. The molecule has 1 amide bonds. The van der Waals surface area contributed by atoms with Crippen LogP contribution in [0.5, 0.6) is 0 Å². The van der Waals surface area contributed by atoms with E-state index in [-0.39, 0.29) is 5.91 Å². The number of amides is 1.